The lowest BCUT2D eigenvalue weighted by atomic mass is 10.3. The van der Waals surface area contributed by atoms with Gasteiger partial charge >= 0.3 is 0 Å². The van der Waals surface area contributed by atoms with Crippen LogP contribution in [0, 0.1) is 0 Å². The van der Waals surface area contributed by atoms with Crippen LogP contribution < -0.4 is 0 Å². The molecule has 0 spiro atoms. The first-order valence-corrected chi connectivity index (χ1v) is 6.45. The number of aliphatic hydroxyl groups excluding tert-OH is 1. The summed E-state index contributed by atoms with van der Waals surface area (Å²) in [5, 5.41) is 11.2. The van der Waals surface area contributed by atoms with Gasteiger partial charge in [0.2, 0.25) is 0 Å². The van der Waals surface area contributed by atoms with Crippen molar-refractivity contribution in [3.8, 4) is 0 Å². The van der Waals surface area contributed by atoms with Gasteiger partial charge in [-0.15, -0.1) is 0 Å². The van der Waals surface area contributed by atoms with Gasteiger partial charge in [0.15, 0.2) is 0 Å². The monoisotopic (exact) mass is 285 g/mol. The smallest absolute Gasteiger partial charge is 0.106 e. The molecule has 0 aliphatic heterocycles. The molecule has 0 saturated heterocycles. The molecule has 0 saturated carbocycles. The molecule has 1 N–H and O–H groups in total. The molecule has 1 aromatic heterocycles. The van der Waals surface area contributed by atoms with Crippen LogP contribution in [0.25, 0.3) is 0 Å². The summed E-state index contributed by atoms with van der Waals surface area (Å²) < 4.78 is 0. The van der Waals surface area contributed by atoms with Gasteiger partial charge in [-0.05, 0) is 24.3 Å². The maximum atomic E-state index is 9.21. The summed E-state index contributed by atoms with van der Waals surface area (Å²) >= 11 is 13.4. The molecule has 2 aromatic rings. The minimum absolute atomic E-state index is 0.0473. The van der Waals surface area contributed by atoms with Crippen molar-refractivity contribution in [1.29, 1.82) is 0 Å². The highest BCUT2D eigenvalue weighted by molar-refractivity contribution is 7.99. The lowest BCUT2D eigenvalue weighted by Crippen LogP contribution is -1.90. The van der Waals surface area contributed by atoms with Crippen molar-refractivity contribution in [2.24, 2.45) is 0 Å². The van der Waals surface area contributed by atoms with Gasteiger partial charge in [-0.25, -0.2) is 4.98 Å². The van der Waals surface area contributed by atoms with E-state index in [1.165, 1.54) is 11.8 Å². The number of aliphatic hydroxyl groups is 1. The van der Waals surface area contributed by atoms with Crippen molar-refractivity contribution < 1.29 is 5.11 Å². The summed E-state index contributed by atoms with van der Waals surface area (Å²) in [4.78, 5) is 5.04. The number of hydrogen-bond acceptors (Lipinski definition) is 3. The number of rotatable bonds is 3. The van der Waals surface area contributed by atoms with Crippen LogP contribution in [-0.2, 0) is 6.61 Å². The van der Waals surface area contributed by atoms with Gasteiger partial charge < -0.3 is 5.11 Å². The second-order valence-corrected chi connectivity index (χ2v) is 5.18. The molecule has 2 rings (SSSR count). The Labute approximate surface area is 114 Å². The van der Waals surface area contributed by atoms with Crippen LogP contribution in [-0.4, -0.2) is 10.1 Å². The van der Waals surface area contributed by atoms with Crippen molar-refractivity contribution >= 4 is 35.0 Å². The van der Waals surface area contributed by atoms with E-state index >= 15 is 0 Å². The Kier molecular flexibility index (Phi) is 4.29. The summed E-state index contributed by atoms with van der Waals surface area (Å²) in [5.74, 6) is 0. The highest BCUT2D eigenvalue weighted by atomic mass is 35.5. The largest absolute Gasteiger partial charge is 0.392 e. The third-order valence-corrected chi connectivity index (χ3v) is 3.92. The molecule has 0 radical (unpaired) electrons. The highest BCUT2D eigenvalue weighted by Crippen LogP contribution is 2.35. The second kappa shape index (κ2) is 5.74. The molecule has 0 amide bonds. The summed E-state index contributed by atoms with van der Waals surface area (Å²) in [5.41, 5.74) is 0.772. The third kappa shape index (κ3) is 3.13. The van der Waals surface area contributed by atoms with Crippen molar-refractivity contribution in [3.05, 3.63) is 52.1 Å². The van der Waals surface area contributed by atoms with Gasteiger partial charge in [-0.1, -0.05) is 41.0 Å². The first-order chi connectivity index (χ1) is 8.20. The van der Waals surface area contributed by atoms with E-state index < -0.39 is 0 Å². The maximum absolute atomic E-state index is 9.21. The Hall–Kier alpha value is -0.740. The first kappa shape index (κ1) is 12.7. The highest BCUT2D eigenvalue weighted by Gasteiger charge is 2.08. The molecular weight excluding hydrogens is 277 g/mol. The third-order valence-electron chi connectivity index (χ3n) is 2.12. The van der Waals surface area contributed by atoms with Gasteiger partial charge in [0.1, 0.15) is 5.03 Å². The molecule has 0 aliphatic carbocycles. The Morgan fingerprint density at radius 2 is 2.06 bits per heavy atom. The van der Waals surface area contributed by atoms with Crippen LogP contribution in [0.2, 0.25) is 10.0 Å². The molecule has 2 nitrogen and oxygen atoms in total. The molecule has 17 heavy (non-hydrogen) atoms. The SMILES string of the molecule is OCc1cccnc1Sc1cc(Cl)ccc1Cl. The lowest BCUT2D eigenvalue weighted by molar-refractivity contribution is 0.278. The van der Waals surface area contributed by atoms with Gasteiger partial charge in [0.25, 0.3) is 0 Å². The Morgan fingerprint density at radius 1 is 1.24 bits per heavy atom. The van der Waals surface area contributed by atoms with E-state index in [2.05, 4.69) is 4.98 Å². The summed E-state index contributed by atoms with van der Waals surface area (Å²) in [6.07, 6.45) is 1.68. The summed E-state index contributed by atoms with van der Waals surface area (Å²) in [7, 11) is 0. The van der Waals surface area contributed by atoms with Crippen molar-refractivity contribution in [3.63, 3.8) is 0 Å². The predicted molar refractivity (Wildman–Crippen MR) is 70.7 cm³/mol. The van der Waals surface area contributed by atoms with E-state index in [9.17, 15) is 5.11 Å². The number of benzene rings is 1. The maximum Gasteiger partial charge on any atom is 0.106 e. The molecule has 0 aliphatic rings. The predicted octanol–water partition coefficient (Wildman–Crippen LogP) is 4.03. The molecular formula is C12H9Cl2NOS. The number of hydrogen-bond donors (Lipinski definition) is 1. The molecule has 1 heterocycles. The fourth-order valence-corrected chi connectivity index (χ4v) is 2.70. The van der Waals surface area contributed by atoms with E-state index in [4.69, 9.17) is 23.2 Å². The molecule has 5 heteroatoms. The quantitative estimate of drug-likeness (QED) is 0.924. The van der Waals surface area contributed by atoms with Crippen molar-refractivity contribution in [2.45, 2.75) is 16.5 Å². The average molecular weight is 286 g/mol. The number of pyridine rings is 1. The number of halogens is 2. The summed E-state index contributed by atoms with van der Waals surface area (Å²) in [6.45, 7) is -0.0473. The Balaban J connectivity index is 2.34. The lowest BCUT2D eigenvalue weighted by Gasteiger charge is -2.07. The van der Waals surface area contributed by atoms with E-state index in [1.54, 1.807) is 30.5 Å². The zero-order valence-corrected chi connectivity index (χ0v) is 11.1. The molecule has 0 atom stereocenters. The summed E-state index contributed by atoms with van der Waals surface area (Å²) in [6, 6.07) is 8.88. The zero-order chi connectivity index (χ0) is 12.3. The van der Waals surface area contributed by atoms with Crippen LogP contribution in [0.3, 0.4) is 0 Å². The van der Waals surface area contributed by atoms with Crippen molar-refractivity contribution in [2.75, 3.05) is 0 Å². The van der Waals surface area contributed by atoms with E-state index in [0.29, 0.717) is 10.0 Å². The van der Waals surface area contributed by atoms with Crippen LogP contribution >= 0.6 is 35.0 Å². The van der Waals surface area contributed by atoms with E-state index in [0.717, 1.165) is 15.5 Å². The Morgan fingerprint density at radius 3 is 2.82 bits per heavy atom. The van der Waals surface area contributed by atoms with E-state index in [1.807, 2.05) is 6.07 Å². The fraction of sp³-hybridized carbons (Fsp3) is 0.0833. The van der Waals surface area contributed by atoms with Gasteiger partial charge in [0, 0.05) is 21.7 Å². The minimum atomic E-state index is -0.0473. The standard InChI is InChI=1S/C12H9Cl2NOS/c13-9-3-4-10(14)11(6-9)17-12-8(7-16)2-1-5-15-12/h1-6,16H,7H2. The zero-order valence-electron chi connectivity index (χ0n) is 8.73. The van der Waals surface area contributed by atoms with Crippen LogP contribution in [0.5, 0.6) is 0 Å². The van der Waals surface area contributed by atoms with Crippen LogP contribution in [0.1, 0.15) is 5.56 Å². The molecule has 1 aromatic carbocycles. The average Bonchev–Trinajstić information content (AvgIpc) is 2.34. The topological polar surface area (TPSA) is 33.1 Å². The molecule has 0 fully saturated rings. The van der Waals surface area contributed by atoms with Gasteiger partial charge in [-0.3, -0.25) is 0 Å². The van der Waals surface area contributed by atoms with Gasteiger partial charge in [-0.2, -0.15) is 0 Å². The number of nitrogens with zero attached hydrogens (tertiary/aromatic N) is 1. The fourth-order valence-electron chi connectivity index (χ4n) is 1.30. The van der Waals surface area contributed by atoms with Crippen molar-refractivity contribution in [1.82, 2.24) is 4.98 Å². The number of aromatic nitrogens is 1. The van der Waals surface area contributed by atoms with Gasteiger partial charge in [0.05, 0.1) is 11.6 Å². The molecule has 88 valence electrons. The first-order valence-electron chi connectivity index (χ1n) is 4.88. The normalized spacial score (nSPS) is 10.5. The molecule has 0 bridgehead atoms. The van der Waals surface area contributed by atoms with Crippen LogP contribution in [0.4, 0.5) is 0 Å². The Bertz CT molecular complexity index is 534. The molecule has 0 unspecified atom stereocenters. The second-order valence-electron chi connectivity index (χ2n) is 3.30. The van der Waals surface area contributed by atoms with Crippen LogP contribution in [0.15, 0.2) is 46.5 Å². The van der Waals surface area contributed by atoms with E-state index in [-0.39, 0.29) is 6.61 Å². The minimum Gasteiger partial charge on any atom is -0.392 e.